The molecule has 0 saturated heterocycles. The molecule has 0 spiro atoms. The van der Waals surface area contributed by atoms with E-state index in [1.165, 1.54) is 11.1 Å². The van der Waals surface area contributed by atoms with Gasteiger partial charge < -0.3 is 11.1 Å². The second-order valence-corrected chi connectivity index (χ2v) is 6.21. The molecule has 19 heavy (non-hydrogen) atoms. The Bertz CT molecular complexity index is 509. The molecule has 2 aliphatic carbocycles. The maximum absolute atomic E-state index is 12.3. The summed E-state index contributed by atoms with van der Waals surface area (Å²) in [6.45, 7) is 0. The van der Waals surface area contributed by atoms with Crippen molar-refractivity contribution in [3.05, 3.63) is 34.3 Å². The highest BCUT2D eigenvalue weighted by Crippen LogP contribution is 2.34. The van der Waals surface area contributed by atoms with Gasteiger partial charge in [0.1, 0.15) is 0 Å². The molecule has 4 heteroatoms. The summed E-state index contributed by atoms with van der Waals surface area (Å²) in [5, 5.41) is 3.89. The second-order valence-electron chi connectivity index (χ2n) is 5.77. The van der Waals surface area contributed by atoms with Crippen LogP contribution in [0, 0.1) is 0 Å². The molecule has 102 valence electrons. The van der Waals surface area contributed by atoms with Gasteiger partial charge in [0.05, 0.1) is 11.6 Å². The van der Waals surface area contributed by atoms with Crippen LogP contribution in [0.1, 0.15) is 49.3 Å². The van der Waals surface area contributed by atoms with E-state index >= 15 is 0 Å². The van der Waals surface area contributed by atoms with Gasteiger partial charge in [-0.3, -0.25) is 4.79 Å². The first-order valence-corrected chi connectivity index (χ1v) is 7.34. The highest BCUT2D eigenvalue weighted by molar-refractivity contribution is 6.30. The fraction of sp³-hybridized carbons (Fsp3) is 0.533. The Morgan fingerprint density at radius 3 is 2.84 bits per heavy atom. The summed E-state index contributed by atoms with van der Waals surface area (Å²) in [7, 11) is 0. The Morgan fingerprint density at radius 2 is 2.11 bits per heavy atom. The third-order valence-corrected chi connectivity index (χ3v) is 4.67. The van der Waals surface area contributed by atoms with E-state index in [0.717, 1.165) is 43.5 Å². The molecule has 1 saturated carbocycles. The Morgan fingerprint density at radius 1 is 1.37 bits per heavy atom. The topological polar surface area (TPSA) is 55.1 Å². The lowest BCUT2D eigenvalue weighted by atomic mass is 9.97. The number of hydrogen-bond acceptors (Lipinski definition) is 2. The van der Waals surface area contributed by atoms with Gasteiger partial charge in [-0.05, 0) is 48.9 Å². The number of rotatable bonds is 2. The predicted octanol–water partition coefficient (Wildman–Crippen LogP) is 2.72. The van der Waals surface area contributed by atoms with E-state index < -0.39 is 5.54 Å². The summed E-state index contributed by atoms with van der Waals surface area (Å²) in [4.78, 5) is 12.3. The van der Waals surface area contributed by atoms with Crippen LogP contribution in [0.25, 0.3) is 0 Å². The van der Waals surface area contributed by atoms with E-state index in [0.29, 0.717) is 0 Å². The first-order valence-electron chi connectivity index (χ1n) is 6.97. The zero-order valence-corrected chi connectivity index (χ0v) is 11.7. The molecule has 2 aliphatic rings. The molecule has 1 aromatic rings. The van der Waals surface area contributed by atoms with E-state index in [2.05, 4.69) is 5.32 Å². The molecule has 3 rings (SSSR count). The van der Waals surface area contributed by atoms with Crippen molar-refractivity contribution in [2.75, 3.05) is 0 Å². The Kier molecular flexibility index (Phi) is 3.27. The molecule has 1 unspecified atom stereocenters. The number of carbonyl (C=O) groups excluding carboxylic acids is 1. The van der Waals surface area contributed by atoms with E-state index in [-0.39, 0.29) is 11.9 Å². The molecule has 1 atom stereocenters. The molecule has 0 radical (unpaired) electrons. The maximum atomic E-state index is 12.3. The fourth-order valence-corrected chi connectivity index (χ4v) is 3.47. The van der Waals surface area contributed by atoms with Gasteiger partial charge in [-0.25, -0.2) is 0 Å². The average molecular weight is 279 g/mol. The van der Waals surface area contributed by atoms with E-state index in [9.17, 15) is 4.79 Å². The number of nitrogens with two attached hydrogens (primary N) is 1. The first-order chi connectivity index (χ1) is 9.08. The van der Waals surface area contributed by atoms with Gasteiger partial charge in [-0.2, -0.15) is 0 Å². The molecular formula is C15H19ClN2O. The third-order valence-electron chi connectivity index (χ3n) is 4.44. The van der Waals surface area contributed by atoms with Crippen LogP contribution in [-0.4, -0.2) is 11.4 Å². The number of hydrogen-bond donors (Lipinski definition) is 2. The van der Waals surface area contributed by atoms with Crippen molar-refractivity contribution in [3.63, 3.8) is 0 Å². The Hall–Kier alpha value is -1.06. The first kappa shape index (κ1) is 12.9. The average Bonchev–Trinajstić information content (AvgIpc) is 2.97. The number of halogens is 1. The van der Waals surface area contributed by atoms with Crippen LogP contribution < -0.4 is 11.1 Å². The molecule has 3 nitrogen and oxygen atoms in total. The van der Waals surface area contributed by atoms with Crippen LogP contribution in [0.3, 0.4) is 0 Å². The predicted molar refractivity (Wildman–Crippen MR) is 76.0 cm³/mol. The van der Waals surface area contributed by atoms with Crippen molar-refractivity contribution >= 4 is 17.5 Å². The molecule has 1 amide bonds. The van der Waals surface area contributed by atoms with E-state index in [1.54, 1.807) is 0 Å². The number of nitrogens with one attached hydrogen (secondary N) is 1. The van der Waals surface area contributed by atoms with Crippen LogP contribution in [0.4, 0.5) is 0 Å². The van der Waals surface area contributed by atoms with Gasteiger partial charge in [0, 0.05) is 5.02 Å². The highest BCUT2D eigenvalue weighted by Gasteiger charge is 2.38. The molecule has 3 N–H and O–H groups in total. The monoisotopic (exact) mass is 278 g/mol. The van der Waals surface area contributed by atoms with Crippen molar-refractivity contribution in [1.82, 2.24) is 5.32 Å². The van der Waals surface area contributed by atoms with Crippen LogP contribution in [0.15, 0.2) is 18.2 Å². The van der Waals surface area contributed by atoms with E-state index in [4.69, 9.17) is 17.3 Å². The highest BCUT2D eigenvalue weighted by atomic mass is 35.5. The molecule has 0 bridgehead atoms. The lowest BCUT2D eigenvalue weighted by Crippen LogP contribution is -2.52. The maximum Gasteiger partial charge on any atom is 0.240 e. The molecule has 0 aromatic heterocycles. The molecule has 0 heterocycles. The summed E-state index contributed by atoms with van der Waals surface area (Å²) in [6, 6.07) is 6.00. The largest absolute Gasteiger partial charge is 0.348 e. The number of benzene rings is 1. The van der Waals surface area contributed by atoms with Crippen molar-refractivity contribution in [2.45, 2.75) is 50.1 Å². The van der Waals surface area contributed by atoms with Crippen molar-refractivity contribution < 1.29 is 4.79 Å². The van der Waals surface area contributed by atoms with Gasteiger partial charge in [-0.1, -0.05) is 30.5 Å². The SMILES string of the molecule is NC1(C(=O)NC2CCc3cc(Cl)ccc32)CCCC1. The van der Waals surface area contributed by atoms with Crippen molar-refractivity contribution in [3.8, 4) is 0 Å². The molecule has 1 aromatic carbocycles. The normalized spacial score (nSPS) is 24.2. The smallest absolute Gasteiger partial charge is 0.240 e. The lowest BCUT2D eigenvalue weighted by Gasteiger charge is -2.25. The second kappa shape index (κ2) is 4.80. The molecule has 1 fully saturated rings. The minimum atomic E-state index is -0.644. The summed E-state index contributed by atoms with van der Waals surface area (Å²) in [6.07, 6.45) is 5.63. The van der Waals surface area contributed by atoms with Crippen molar-refractivity contribution in [2.24, 2.45) is 5.73 Å². The van der Waals surface area contributed by atoms with Gasteiger partial charge in [0.15, 0.2) is 0 Å². The minimum Gasteiger partial charge on any atom is -0.348 e. The minimum absolute atomic E-state index is 0.0119. The van der Waals surface area contributed by atoms with Crippen LogP contribution in [0.5, 0.6) is 0 Å². The fourth-order valence-electron chi connectivity index (χ4n) is 3.27. The van der Waals surface area contributed by atoms with Crippen LogP contribution in [-0.2, 0) is 11.2 Å². The summed E-state index contributed by atoms with van der Waals surface area (Å²) < 4.78 is 0. The Balaban J connectivity index is 1.74. The van der Waals surface area contributed by atoms with Crippen LogP contribution >= 0.6 is 11.6 Å². The number of fused-ring (bicyclic) bond motifs is 1. The number of amides is 1. The molecule has 0 aliphatic heterocycles. The van der Waals surface area contributed by atoms with Gasteiger partial charge >= 0.3 is 0 Å². The zero-order chi connectivity index (χ0) is 13.5. The van der Waals surface area contributed by atoms with E-state index in [1.807, 2.05) is 18.2 Å². The van der Waals surface area contributed by atoms with Crippen LogP contribution in [0.2, 0.25) is 5.02 Å². The quantitative estimate of drug-likeness (QED) is 0.874. The lowest BCUT2D eigenvalue weighted by molar-refractivity contribution is -0.126. The van der Waals surface area contributed by atoms with Gasteiger partial charge in [0.25, 0.3) is 0 Å². The standard InChI is InChI=1S/C15H19ClN2O/c16-11-4-5-12-10(9-11)3-6-13(12)18-14(19)15(17)7-1-2-8-15/h4-5,9,13H,1-3,6-8,17H2,(H,18,19). The van der Waals surface area contributed by atoms with Crippen molar-refractivity contribution in [1.29, 1.82) is 0 Å². The number of carbonyl (C=O) groups is 1. The summed E-state index contributed by atoms with van der Waals surface area (Å²) in [5.74, 6) is 0.0119. The Labute approximate surface area is 118 Å². The zero-order valence-electron chi connectivity index (χ0n) is 10.9. The summed E-state index contributed by atoms with van der Waals surface area (Å²) in [5.41, 5.74) is 7.99. The van der Waals surface area contributed by atoms with Gasteiger partial charge in [-0.15, -0.1) is 0 Å². The number of aryl methyl sites for hydroxylation is 1. The van der Waals surface area contributed by atoms with Gasteiger partial charge in [0.2, 0.25) is 5.91 Å². The molecular weight excluding hydrogens is 260 g/mol. The third kappa shape index (κ3) is 2.37. The summed E-state index contributed by atoms with van der Waals surface area (Å²) >= 11 is 6.00.